The Hall–Kier alpha value is -0.780. The van der Waals surface area contributed by atoms with Gasteiger partial charge in [-0.1, -0.05) is 39.0 Å². The number of hydrogen-bond acceptors (Lipinski definition) is 0. The quantitative estimate of drug-likeness (QED) is 0.651. The van der Waals surface area contributed by atoms with E-state index in [9.17, 15) is 0 Å². The molecule has 0 aromatic heterocycles. The van der Waals surface area contributed by atoms with Crippen LogP contribution in [-0.2, 0) is 6.42 Å². The van der Waals surface area contributed by atoms with Gasteiger partial charge in [-0.25, -0.2) is 0 Å². The van der Waals surface area contributed by atoms with Gasteiger partial charge in [-0.15, -0.1) is 0 Å². The number of hydrogen-bond donors (Lipinski definition) is 0. The second-order valence-electron chi connectivity index (χ2n) is 4.67. The molecule has 0 heteroatoms. The third-order valence-corrected chi connectivity index (χ3v) is 3.71. The molecule has 0 N–H and O–H groups in total. The van der Waals surface area contributed by atoms with Crippen LogP contribution in [0.2, 0.25) is 0 Å². The van der Waals surface area contributed by atoms with Gasteiger partial charge in [0.05, 0.1) is 0 Å². The average Bonchev–Trinajstić information content (AvgIpc) is 2.59. The fourth-order valence-corrected chi connectivity index (χ4v) is 2.62. The van der Waals surface area contributed by atoms with E-state index in [2.05, 4.69) is 39.0 Å². The smallest absolute Gasteiger partial charge is 0.0182 e. The predicted octanol–water partition coefficient (Wildman–Crippen LogP) is 4.25. The summed E-state index contributed by atoms with van der Waals surface area (Å²) in [5, 5.41) is 0. The fraction of sp³-hybridized carbons (Fsp3) is 0.571. The molecule has 0 heterocycles. The lowest BCUT2D eigenvalue weighted by molar-refractivity contribution is 0.693. The minimum absolute atomic E-state index is 0.727. The van der Waals surface area contributed by atoms with Crippen molar-refractivity contribution in [2.24, 2.45) is 0 Å². The second kappa shape index (κ2) is 3.76. The molecule has 0 spiro atoms. The van der Waals surface area contributed by atoms with Crippen LogP contribution in [-0.4, -0.2) is 0 Å². The first-order valence-corrected chi connectivity index (χ1v) is 5.85. The molecule has 14 heavy (non-hydrogen) atoms. The van der Waals surface area contributed by atoms with Gasteiger partial charge >= 0.3 is 0 Å². The Labute approximate surface area is 87.3 Å². The molecule has 1 aromatic rings. The van der Waals surface area contributed by atoms with Crippen LogP contribution in [0.5, 0.6) is 0 Å². The van der Waals surface area contributed by atoms with Crippen LogP contribution in [0.3, 0.4) is 0 Å². The molecular weight excluding hydrogens is 168 g/mol. The van der Waals surface area contributed by atoms with Crippen molar-refractivity contribution in [3.63, 3.8) is 0 Å². The Morgan fingerprint density at radius 3 is 2.93 bits per heavy atom. The van der Waals surface area contributed by atoms with Crippen LogP contribution in [0.25, 0.3) is 0 Å². The summed E-state index contributed by atoms with van der Waals surface area (Å²) >= 11 is 0. The summed E-state index contributed by atoms with van der Waals surface area (Å²) in [5.41, 5.74) is 4.88. The van der Waals surface area contributed by atoms with Crippen molar-refractivity contribution in [2.75, 3.05) is 0 Å². The monoisotopic (exact) mass is 188 g/mol. The Bertz CT molecular complexity index is 325. The molecule has 2 atom stereocenters. The summed E-state index contributed by atoms with van der Waals surface area (Å²) in [5.74, 6) is 1.51. The highest BCUT2D eigenvalue weighted by molar-refractivity contribution is 5.42. The van der Waals surface area contributed by atoms with Gasteiger partial charge in [0.1, 0.15) is 0 Å². The topological polar surface area (TPSA) is 0 Å². The fourth-order valence-electron chi connectivity index (χ4n) is 2.62. The largest absolute Gasteiger partial charge is 0.0648 e. The molecular formula is C14H20. The van der Waals surface area contributed by atoms with E-state index in [0.717, 1.165) is 11.8 Å². The number of benzene rings is 1. The van der Waals surface area contributed by atoms with Gasteiger partial charge in [-0.05, 0) is 47.8 Å². The third-order valence-electron chi connectivity index (χ3n) is 3.71. The molecule has 1 aliphatic carbocycles. The van der Waals surface area contributed by atoms with E-state index in [4.69, 9.17) is 0 Å². The molecule has 2 unspecified atom stereocenters. The minimum Gasteiger partial charge on any atom is -0.0648 e. The highest BCUT2D eigenvalue weighted by Gasteiger charge is 2.22. The zero-order valence-electron chi connectivity index (χ0n) is 9.51. The Morgan fingerprint density at radius 2 is 2.21 bits per heavy atom. The summed E-state index contributed by atoms with van der Waals surface area (Å²) in [4.78, 5) is 0. The lowest BCUT2D eigenvalue weighted by Gasteiger charge is -2.17. The maximum atomic E-state index is 2.37. The van der Waals surface area contributed by atoms with Gasteiger partial charge in [0.15, 0.2) is 0 Å². The van der Waals surface area contributed by atoms with Crippen LogP contribution >= 0.6 is 0 Å². The molecule has 0 bridgehead atoms. The number of rotatable bonds is 2. The number of fused-ring (bicyclic) bond motifs is 1. The Morgan fingerprint density at radius 1 is 1.43 bits per heavy atom. The van der Waals surface area contributed by atoms with Gasteiger partial charge in [0, 0.05) is 0 Å². The maximum Gasteiger partial charge on any atom is -0.0182 e. The Balaban J connectivity index is 2.46. The molecule has 1 aliphatic rings. The molecule has 0 fully saturated rings. The van der Waals surface area contributed by atoms with Gasteiger partial charge in [-0.2, -0.15) is 0 Å². The SMILES string of the molecule is CCC(C)c1cccc2c1C(C)CC2. The summed E-state index contributed by atoms with van der Waals surface area (Å²) in [6.07, 6.45) is 3.90. The van der Waals surface area contributed by atoms with E-state index in [-0.39, 0.29) is 0 Å². The minimum atomic E-state index is 0.727. The van der Waals surface area contributed by atoms with Gasteiger partial charge in [-0.3, -0.25) is 0 Å². The van der Waals surface area contributed by atoms with Crippen molar-refractivity contribution in [3.8, 4) is 0 Å². The van der Waals surface area contributed by atoms with Crippen molar-refractivity contribution in [1.29, 1.82) is 0 Å². The normalized spacial score (nSPS) is 22.1. The molecule has 1 aromatic carbocycles. The van der Waals surface area contributed by atoms with E-state index < -0.39 is 0 Å². The van der Waals surface area contributed by atoms with Crippen LogP contribution in [0.1, 0.15) is 62.1 Å². The first-order valence-electron chi connectivity index (χ1n) is 5.85. The molecule has 0 aliphatic heterocycles. The van der Waals surface area contributed by atoms with Crippen molar-refractivity contribution in [3.05, 3.63) is 34.9 Å². The maximum absolute atomic E-state index is 2.37. The number of aryl methyl sites for hydroxylation is 1. The average molecular weight is 188 g/mol. The van der Waals surface area contributed by atoms with Crippen LogP contribution < -0.4 is 0 Å². The van der Waals surface area contributed by atoms with Crippen molar-refractivity contribution in [1.82, 2.24) is 0 Å². The summed E-state index contributed by atoms with van der Waals surface area (Å²) < 4.78 is 0. The molecule has 0 amide bonds. The van der Waals surface area contributed by atoms with E-state index in [0.29, 0.717) is 0 Å². The molecule has 0 radical (unpaired) electrons. The van der Waals surface area contributed by atoms with Crippen molar-refractivity contribution in [2.45, 2.75) is 51.9 Å². The molecule has 0 nitrogen and oxygen atoms in total. The van der Waals surface area contributed by atoms with Crippen molar-refractivity contribution >= 4 is 0 Å². The summed E-state index contributed by atoms with van der Waals surface area (Å²) in [6, 6.07) is 6.87. The predicted molar refractivity (Wildman–Crippen MR) is 61.9 cm³/mol. The summed E-state index contributed by atoms with van der Waals surface area (Å²) in [7, 11) is 0. The van der Waals surface area contributed by atoms with E-state index >= 15 is 0 Å². The standard InChI is InChI=1S/C14H20/c1-4-10(2)13-7-5-6-12-9-8-11(3)14(12)13/h5-7,10-11H,4,8-9H2,1-3H3. The highest BCUT2D eigenvalue weighted by atomic mass is 14.3. The molecule has 0 saturated heterocycles. The third kappa shape index (κ3) is 1.47. The first-order chi connectivity index (χ1) is 6.74. The van der Waals surface area contributed by atoms with Crippen LogP contribution in [0, 0.1) is 0 Å². The zero-order chi connectivity index (χ0) is 10.1. The van der Waals surface area contributed by atoms with Crippen molar-refractivity contribution < 1.29 is 0 Å². The van der Waals surface area contributed by atoms with Crippen LogP contribution in [0.15, 0.2) is 18.2 Å². The lowest BCUT2D eigenvalue weighted by atomic mass is 9.88. The Kier molecular flexibility index (Phi) is 2.62. The van der Waals surface area contributed by atoms with Gasteiger partial charge < -0.3 is 0 Å². The van der Waals surface area contributed by atoms with Crippen LogP contribution in [0.4, 0.5) is 0 Å². The zero-order valence-corrected chi connectivity index (χ0v) is 9.51. The van der Waals surface area contributed by atoms with E-state index in [1.807, 2.05) is 0 Å². The highest BCUT2D eigenvalue weighted by Crippen LogP contribution is 2.38. The molecule has 0 saturated carbocycles. The second-order valence-corrected chi connectivity index (χ2v) is 4.67. The van der Waals surface area contributed by atoms with Gasteiger partial charge in [0.2, 0.25) is 0 Å². The molecule has 2 rings (SSSR count). The van der Waals surface area contributed by atoms with E-state index in [1.54, 1.807) is 16.7 Å². The van der Waals surface area contributed by atoms with Gasteiger partial charge in [0.25, 0.3) is 0 Å². The summed E-state index contributed by atoms with van der Waals surface area (Å²) in [6.45, 7) is 7.00. The lowest BCUT2D eigenvalue weighted by Crippen LogP contribution is -1.99. The first kappa shape index (κ1) is 9.76. The molecule has 76 valence electrons. The van der Waals surface area contributed by atoms with E-state index in [1.165, 1.54) is 19.3 Å².